The zero-order chi connectivity index (χ0) is 17.8. The Hall–Kier alpha value is -2.11. The second-order valence-corrected chi connectivity index (χ2v) is 7.17. The molecule has 25 heavy (non-hydrogen) atoms. The maximum Gasteiger partial charge on any atom is 0.276 e. The Morgan fingerprint density at radius 2 is 2.12 bits per heavy atom. The largest absolute Gasteiger partial charge is 0.360 e. The second kappa shape index (κ2) is 7.85. The van der Waals surface area contributed by atoms with E-state index in [-0.39, 0.29) is 11.8 Å². The van der Waals surface area contributed by atoms with Gasteiger partial charge >= 0.3 is 0 Å². The Bertz CT molecular complexity index is 696. The minimum Gasteiger partial charge on any atom is -0.360 e. The molecule has 0 bridgehead atoms. The average molecular weight is 344 g/mol. The minimum atomic E-state index is -0.0246. The number of likely N-dealkylation sites (tertiary alicyclic amines) is 1. The first kappa shape index (κ1) is 17.7. The fraction of sp³-hybridized carbons (Fsp3) is 0.632. The van der Waals surface area contributed by atoms with E-state index >= 15 is 0 Å². The number of aryl methyl sites for hydroxylation is 1. The molecule has 0 radical (unpaired) electrons. The molecule has 1 saturated heterocycles. The third-order valence-electron chi connectivity index (χ3n) is 4.96. The van der Waals surface area contributed by atoms with Gasteiger partial charge in [-0.25, -0.2) is 4.98 Å². The standard InChI is InChI=1S/C19H28N4O2/c1-4-5-9-22-12-8-20-18(22)15-6-10-23(11-7-15)19(24)16-13-17(14(2)3)25-21-16/h8,12-15H,4-7,9-11H2,1-3H3. The van der Waals surface area contributed by atoms with Gasteiger partial charge in [-0.05, 0) is 19.3 Å². The summed E-state index contributed by atoms with van der Waals surface area (Å²) in [5.41, 5.74) is 0.423. The highest BCUT2D eigenvalue weighted by molar-refractivity contribution is 5.92. The van der Waals surface area contributed by atoms with Crippen molar-refractivity contribution in [3.8, 4) is 0 Å². The first-order valence-electron chi connectivity index (χ1n) is 9.37. The normalized spacial score (nSPS) is 15.9. The van der Waals surface area contributed by atoms with Crippen molar-refractivity contribution in [2.75, 3.05) is 13.1 Å². The predicted octanol–water partition coefficient (Wildman–Crippen LogP) is 3.81. The van der Waals surface area contributed by atoms with Gasteiger partial charge in [0.2, 0.25) is 0 Å². The quantitative estimate of drug-likeness (QED) is 0.799. The molecule has 0 atom stereocenters. The van der Waals surface area contributed by atoms with Crippen molar-refractivity contribution < 1.29 is 9.32 Å². The van der Waals surface area contributed by atoms with Crippen molar-refractivity contribution in [3.05, 3.63) is 35.7 Å². The molecule has 1 fully saturated rings. The van der Waals surface area contributed by atoms with E-state index in [0.29, 0.717) is 11.6 Å². The molecule has 2 aromatic rings. The summed E-state index contributed by atoms with van der Waals surface area (Å²) in [6, 6.07) is 1.77. The third kappa shape index (κ3) is 3.94. The van der Waals surface area contributed by atoms with E-state index in [1.54, 1.807) is 6.07 Å². The molecule has 0 unspecified atom stereocenters. The Morgan fingerprint density at radius 3 is 2.76 bits per heavy atom. The number of unbranched alkanes of at least 4 members (excludes halogenated alkanes) is 1. The molecule has 3 rings (SSSR count). The summed E-state index contributed by atoms with van der Waals surface area (Å²) < 4.78 is 7.54. The van der Waals surface area contributed by atoms with Crippen LogP contribution in [0.3, 0.4) is 0 Å². The maximum absolute atomic E-state index is 12.6. The first-order chi connectivity index (χ1) is 12.1. The summed E-state index contributed by atoms with van der Waals surface area (Å²) >= 11 is 0. The SMILES string of the molecule is CCCCn1ccnc1C1CCN(C(=O)c2cc(C(C)C)on2)CC1. The molecule has 0 spiro atoms. The Labute approximate surface area is 149 Å². The summed E-state index contributed by atoms with van der Waals surface area (Å²) in [5, 5.41) is 3.95. The molecule has 2 aromatic heterocycles. The topological polar surface area (TPSA) is 64.2 Å². The number of piperidine rings is 1. The lowest BCUT2D eigenvalue weighted by atomic mass is 9.95. The number of carbonyl (C=O) groups excluding carboxylic acids is 1. The Kier molecular flexibility index (Phi) is 5.56. The number of amides is 1. The van der Waals surface area contributed by atoms with Crippen LogP contribution >= 0.6 is 0 Å². The van der Waals surface area contributed by atoms with Crippen LogP contribution in [0.5, 0.6) is 0 Å². The smallest absolute Gasteiger partial charge is 0.276 e. The van der Waals surface area contributed by atoms with Crippen LogP contribution in [0.4, 0.5) is 0 Å². The highest BCUT2D eigenvalue weighted by atomic mass is 16.5. The van der Waals surface area contributed by atoms with Gasteiger partial charge in [0.15, 0.2) is 5.69 Å². The summed E-state index contributed by atoms with van der Waals surface area (Å²) in [6.45, 7) is 8.78. The lowest BCUT2D eigenvalue weighted by molar-refractivity contribution is 0.0699. The van der Waals surface area contributed by atoms with Crippen molar-refractivity contribution in [3.63, 3.8) is 0 Å². The van der Waals surface area contributed by atoms with Gasteiger partial charge in [-0.3, -0.25) is 4.79 Å². The van der Waals surface area contributed by atoms with Crippen LogP contribution in [0.1, 0.15) is 80.4 Å². The predicted molar refractivity (Wildman–Crippen MR) is 95.6 cm³/mol. The fourth-order valence-corrected chi connectivity index (χ4v) is 3.36. The van der Waals surface area contributed by atoms with E-state index < -0.39 is 0 Å². The summed E-state index contributed by atoms with van der Waals surface area (Å²) in [4.78, 5) is 19.1. The van der Waals surface area contributed by atoms with E-state index in [0.717, 1.165) is 38.2 Å². The van der Waals surface area contributed by atoms with Crippen LogP contribution in [-0.2, 0) is 6.54 Å². The van der Waals surface area contributed by atoms with E-state index in [9.17, 15) is 4.79 Å². The van der Waals surface area contributed by atoms with E-state index in [1.165, 1.54) is 18.7 Å². The average Bonchev–Trinajstić information content (AvgIpc) is 3.29. The van der Waals surface area contributed by atoms with Crippen molar-refractivity contribution in [1.82, 2.24) is 19.6 Å². The lowest BCUT2D eigenvalue weighted by Crippen LogP contribution is -2.38. The van der Waals surface area contributed by atoms with Gasteiger partial charge in [0, 0.05) is 49.9 Å². The minimum absolute atomic E-state index is 0.0246. The number of imidazole rings is 1. The van der Waals surface area contributed by atoms with Gasteiger partial charge in [0.05, 0.1) is 0 Å². The Morgan fingerprint density at radius 1 is 1.36 bits per heavy atom. The Balaban J connectivity index is 1.60. The van der Waals surface area contributed by atoms with Crippen LogP contribution in [0.25, 0.3) is 0 Å². The first-order valence-corrected chi connectivity index (χ1v) is 9.37. The molecular weight excluding hydrogens is 316 g/mol. The van der Waals surface area contributed by atoms with Crippen molar-refractivity contribution in [1.29, 1.82) is 0 Å². The molecule has 0 aromatic carbocycles. The van der Waals surface area contributed by atoms with Crippen LogP contribution in [0.2, 0.25) is 0 Å². The zero-order valence-corrected chi connectivity index (χ0v) is 15.4. The molecule has 3 heterocycles. The second-order valence-electron chi connectivity index (χ2n) is 7.17. The van der Waals surface area contributed by atoms with E-state index in [4.69, 9.17) is 4.52 Å². The molecule has 6 heteroatoms. The number of hydrogen-bond donors (Lipinski definition) is 0. The highest BCUT2D eigenvalue weighted by Gasteiger charge is 2.28. The van der Waals surface area contributed by atoms with Gasteiger partial charge < -0.3 is 14.0 Å². The van der Waals surface area contributed by atoms with Crippen molar-refractivity contribution in [2.45, 2.75) is 64.8 Å². The molecule has 136 valence electrons. The fourth-order valence-electron chi connectivity index (χ4n) is 3.36. The molecular formula is C19H28N4O2. The van der Waals surface area contributed by atoms with Crippen molar-refractivity contribution >= 4 is 5.91 Å². The van der Waals surface area contributed by atoms with E-state index in [1.807, 2.05) is 24.9 Å². The molecule has 0 N–H and O–H groups in total. The molecule has 0 saturated carbocycles. The van der Waals surface area contributed by atoms with Gasteiger partial charge in [-0.15, -0.1) is 0 Å². The molecule has 1 amide bonds. The van der Waals surface area contributed by atoms with Crippen LogP contribution in [0.15, 0.2) is 23.0 Å². The zero-order valence-electron chi connectivity index (χ0n) is 15.4. The monoisotopic (exact) mass is 344 g/mol. The third-order valence-corrected chi connectivity index (χ3v) is 4.96. The maximum atomic E-state index is 12.6. The van der Waals surface area contributed by atoms with Gasteiger partial charge in [-0.1, -0.05) is 32.3 Å². The summed E-state index contributed by atoms with van der Waals surface area (Å²) in [6.07, 6.45) is 8.22. The number of hydrogen-bond acceptors (Lipinski definition) is 4. The van der Waals surface area contributed by atoms with Crippen LogP contribution in [0, 0.1) is 0 Å². The van der Waals surface area contributed by atoms with Crippen LogP contribution < -0.4 is 0 Å². The lowest BCUT2D eigenvalue weighted by Gasteiger charge is -2.31. The number of aromatic nitrogens is 3. The van der Waals surface area contributed by atoms with Crippen LogP contribution in [-0.4, -0.2) is 38.6 Å². The molecule has 0 aliphatic carbocycles. The number of rotatable bonds is 6. The summed E-state index contributed by atoms with van der Waals surface area (Å²) in [5.74, 6) is 2.57. The number of carbonyl (C=O) groups is 1. The van der Waals surface area contributed by atoms with Crippen molar-refractivity contribution in [2.24, 2.45) is 0 Å². The summed E-state index contributed by atoms with van der Waals surface area (Å²) in [7, 11) is 0. The number of nitrogens with zero attached hydrogens (tertiary/aromatic N) is 4. The van der Waals surface area contributed by atoms with Gasteiger partial charge in [0.1, 0.15) is 11.6 Å². The molecule has 1 aliphatic heterocycles. The highest BCUT2D eigenvalue weighted by Crippen LogP contribution is 2.28. The molecule has 1 aliphatic rings. The van der Waals surface area contributed by atoms with E-state index in [2.05, 4.69) is 27.8 Å². The van der Waals surface area contributed by atoms with Gasteiger partial charge in [-0.2, -0.15) is 0 Å². The molecule has 6 nitrogen and oxygen atoms in total. The van der Waals surface area contributed by atoms with Gasteiger partial charge in [0.25, 0.3) is 5.91 Å².